The molecule has 0 saturated heterocycles. The van der Waals surface area contributed by atoms with E-state index in [1.165, 1.54) is 31.5 Å². The molecule has 1 fully saturated rings. The van der Waals surface area contributed by atoms with E-state index in [1.54, 1.807) is 6.20 Å². The van der Waals surface area contributed by atoms with Crippen LogP contribution in [0.4, 0.5) is 5.69 Å². The van der Waals surface area contributed by atoms with Gasteiger partial charge in [0.25, 0.3) is 0 Å². The second kappa shape index (κ2) is 5.17. The number of rotatable bonds is 4. The molecule has 92 valence electrons. The van der Waals surface area contributed by atoms with Gasteiger partial charge in [-0.3, -0.25) is 4.98 Å². The smallest absolute Gasteiger partial charge is 0.337 e. The minimum Gasteiger partial charge on any atom is -0.478 e. The van der Waals surface area contributed by atoms with Gasteiger partial charge in [0.2, 0.25) is 0 Å². The number of aromatic nitrogens is 1. The number of nitrogens with zero attached hydrogens (tertiary/aromatic N) is 1. The highest BCUT2D eigenvalue weighted by molar-refractivity contribution is 5.93. The topological polar surface area (TPSA) is 62.2 Å². The van der Waals surface area contributed by atoms with Crippen molar-refractivity contribution in [2.75, 3.05) is 11.9 Å². The normalized spacial score (nSPS) is 23.6. The molecule has 2 atom stereocenters. The van der Waals surface area contributed by atoms with Gasteiger partial charge in [0.1, 0.15) is 0 Å². The first-order valence-corrected chi connectivity index (χ1v) is 6.09. The SMILES string of the molecule is CC1CCCC1CNc1cnccc1C(=O)O. The summed E-state index contributed by atoms with van der Waals surface area (Å²) >= 11 is 0. The number of hydrogen-bond acceptors (Lipinski definition) is 3. The Morgan fingerprint density at radius 1 is 1.59 bits per heavy atom. The van der Waals surface area contributed by atoms with Crippen LogP contribution in [0, 0.1) is 11.8 Å². The maximum absolute atomic E-state index is 11.0. The first kappa shape index (κ1) is 11.9. The number of hydrogen-bond donors (Lipinski definition) is 2. The van der Waals surface area contributed by atoms with Crippen LogP contribution in [-0.2, 0) is 0 Å². The van der Waals surface area contributed by atoms with E-state index < -0.39 is 5.97 Å². The first-order valence-electron chi connectivity index (χ1n) is 6.09. The third-order valence-corrected chi connectivity index (χ3v) is 3.65. The van der Waals surface area contributed by atoms with E-state index in [0.29, 0.717) is 17.2 Å². The first-order chi connectivity index (χ1) is 8.18. The summed E-state index contributed by atoms with van der Waals surface area (Å²) < 4.78 is 0. The van der Waals surface area contributed by atoms with E-state index in [9.17, 15) is 4.79 Å². The summed E-state index contributed by atoms with van der Waals surface area (Å²) in [5.41, 5.74) is 0.921. The minimum atomic E-state index is -0.908. The standard InChI is InChI=1S/C13H18N2O2/c1-9-3-2-4-10(9)7-15-12-8-14-6-5-11(12)13(16)17/h5-6,8-10,15H,2-4,7H2,1H3,(H,16,17). The molecule has 0 aromatic carbocycles. The van der Waals surface area contributed by atoms with Crippen LogP contribution in [-0.4, -0.2) is 22.6 Å². The van der Waals surface area contributed by atoms with Crippen molar-refractivity contribution in [1.29, 1.82) is 0 Å². The highest BCUT2D eigenvalue weighted by Crippen LogP contribution is 2.31. The molecule has 0 aliphatic heterocycles. The van der Waals surface area contributed by atoms with E-state index in [2.05, 4.69) is 17.2 Å². The molecular formula is C13H18N2O2. The minimum absolute atomic E-state index is 0.297. The Bertz CT molecular complexity index is 406. The quantitative estimate of drug-likeness (QED) is 0.840. The lowest BCUT2D eigenvalue weighted by Crippen LogP contribution is -2.18. The average Bonchev–Trinajstić information content (AvgIpc) is 2.72. The molecule has 2 unspecified atom stereocenters. The average molecular weight is 234 g/mol. The predicted molar refractivity (Wildman–Crippen MR) is 66.2 cm³/mol. The van der Waals surface area contributed by atoms with Crippen LogP contribution >= 0.6 is 0 Å². The molecule has 1 aliphatic rings. The van der Waals surface area contributed by atoms with Gasteiger partial charge in [-0.05, 0) is 24.3 Å². The van der Waals surface area contributed by atoms with Gasteiger partial charge in [0, 0.05) is 12.7 Å². The summed E-state index contributed by atoms with van der Waals surface area (Å²) in [6, 6.07) is 1.53. The molecular weight excluding hydrogens is 216 g/mol. The molecule has 4 heteroatoms. The van der Waals surface area contributed by atoms with Gasteiger partial charge < -0.3 is 10.4 Å². The van der Waals surface area contributed by atoms with Crippen molar-refractivity contribution in [3.63, 3.8) is 0 Å². The van der Waals surface area contributed by atoms with Crippen LogP contribution in [0.1, 0.15) is 36.5 Å². The summed E-state index contributed by atoms with van der Waals surface area (Å²) in [6.07, 6.45) is 6.89. The van der Waals surface area contributed by atoms with Crippen LogP contribution in [0.15, 0.2) is 18.5 Å². The van der Waals surface area contributed by atoms with Gasteiger partial charge in [0.15, 0.2) is 0 Å². The molecule has 4 nitrogen and oxygen atoms in total. The fraction of sp³-hybridized carbons (Fsp3) is 0.538. The van der Waals surface area contributed by atoms with E-state index in [4.69, 9.17) is 5.11 Å². The molecule has 17 heavy (non-hydrogen) atoms. The van der Waals surface area contributed by atoms with Crippen molar-refractivity contribution < 1.29 is 9.90 Å². The fourth-order valence-electron chi connectivity index (χ4n) is 2.49. The number of pyridine rings is 1. The Kier molecular flexibility index (Phi) is 3.61. The van der Waals surface area contributed by atoms with Crippen molar-refractivity contribution in [2.45, 2.75) is 26.2 Å². The monoisotopic (exact) mass is 234 g/mol. The zero-order valence-corrected chi connectivity index (χ0v) is 10.0. The number of aromatic carboxylic acids is 1. The second-order valence-electron chi connectivity index (χ2n) is 4.78. The third-order valence-electron chi connectivity index (χ3n) is 3.65. The lowest BCUT2D eigenvalue weighted by molar-refractivity contribution is 0.0698. The van der Waals surface area contributed by atoms with Crippen molar-refractivity contribution >= 4 is 11.7 Å². The molecule has 2 rings (SSSR count). The highest BCUT2D eigenvalue weighted by Gasteiger charge is 2.23. The molecule has 1 aromatic heterocycles. The van der Waals surface area contributed by atoms with Gasteiger partial charge in [-0.15, -0.1) is 0 Å². The zero-order chi connectivity index (χ0) is 12.3. The molecule has 0 radical (unpaired) electrons. The zero-order valence-electron chi connectivity index (χ0n) is 10.0. The molecule has 1 heterocycles. The van der Waals surface area contributed by atoms with Gasteiger partial charge in [0.05, 0.1) is 17.4 Å². The number of nitrogens with one attached hydrogen (secondary N) is 1. The summed E-state index contributed by atoms with van der Waals surface area (Å²) in [6.45, 7) is 3.10. The molecule has 1 aliphatic carbocycles. The molecule has 1 aromatic rings. The van der Waals surface area contributed by atoms with E-state index in [0.717, 1.165) is 12.5 Å². The summed E-state index contributed by atoms with van der Waals surface area (Å²) in [5.74, 6) is 0.471. The number of carboxylic acids is 1. The Labute approximate surface area is 101 Å². The van der Waals surface area contributed by atoms with E-state index in [1.807, 2.05) is 0 Å². The van der Waals surface area contributed by atoms with Crippen LogP contribution in [0.5, 0.6) is 0 Å². The van der Waals surface area contributed by atoms with Crippen LogP contribution in [0.2, 0.25) is 0 Å². The van der Waals surface area contributed by atoms with Crippen LogP contribution < -0.4 is 5.32 Å². The Hall–Kier alpha value is -1.58. The van der Waals surface area contributed by atoms with E-state index >= 15 is 0 Å². The van der Waals surface area contributed by atoms with Gasteiger partial charge >= 0.3 is 5.97 Å². The molecule has 1 saturated carbocycles. The van der Waals surface area contributed by atoms with Gasteiger partial charge in [-0.25, -0.2) is 4.79 Å². The molecule has 0 amide bonds. The number of carboxylic acid groups (broad SMARTS) is 1. The largest absolute Gasteiger partial charge is 0.478 e. The number of carbonyl (C=O) groups is 1. The van der Waals surface area contributed by atoms with Gasteiger partial charge in [-0.2, -0.15) is 0 Å². The Morgan fingerprint density at radius 2 is 2.41 bits per heavy atom. The van der Waals surface area contributed by atoms with Crippen molar-refractivity contribution in [3.8, 4) is 0 Å². The lowest BCUT2D eigenvalue weighted by atomic mass is 9.98. The molecule has 0 bridgehead atoms. The van der Waals surface area contributed by atoms with Crippen LogP contribution in [0.3, 0.4) is 0 Å². The molecule has 2 N–H and O–H groups in total. The van der Waals surface area contributed by atoms with Crippen molar-refractivity contribution in [1.82, 2.24) is 4.98 Å². The van der Waals surface area contributed by atoms with Gasteiger partial charge in [-0.1, -0.05) is 19.8 Å². The lowest BCUT2D eigenvalue weighted by Gasteiger charge is -2.17. The maximum atomic E-state index is 11.0. The summed E-state index contributed by atoms with van der Waals surface area (Å²) in [7, 11) is 0. The molecule has 0 spiro atoms. The summed E-state index contributed by atoms with van der Waals surface area (Å²) in [5, 5.41) is 12.3. The van der Waals surface area contributed by atoms with Crippen molar-refractivity contribution in [3.05, 3.63) is 24.0 Å². The van der Waals surface area contributed by atoms with Crippen molar-refractivity contribution in [2.24, 2.45) is 11.8 Å². The number of anilines is 1. The fourth-order valence-corrected chi connectivity index (χ4v) is 2.49. The second-order valence-corrected chi connectivity index (χ2v) is 4.78. The predicted octanol–water partition coefficient (Wildman–Crippen LogP) is 2.63. The Balaban J connectivity index is 2.01. The highest BCUT2D eigenvalue weighted by atomic mass is 16.4. The maximum Gasteiger partial charge on any atom is 0.337 e. The summed E-state index contributed by atoms with van der Waals surface area (Å²) in [4.78, 5) is 15.0. The third kappa shape index (κ3) is 2.75. The van der Waals surface area contributed by atoms with E-state index in [-0.39, 0.29) is 0 Å². The Morgan fingerprint density at radius 3 is 3.06 bits per heavy atom. The van der Waals surface area contributed by atoms with Crippen LogP contribution in [0.25, 0.3) is 0 Å².